The van der Waals surface area contributed by atoms with E-state index in [1.807, 2.05) is 12.4 Å². The first kappa shape index (κ1) is 21.0. The van der Waals surface area contributed by atoms with Crippen LogP contribution in [-0.2, 0) is 11.3 Å². The molecular weight excluding hydrogens is 407 g/mol. The molecule has 0 aliphatic carbocycles. The van der Waals surface area contributed by atoms with E-state index in [4.69, 9.17) is 0 Å². The van der Waals surface area contributed by atoms with Gasteiger partial charge >= 0.3 is 0 Å². The van der Waals surface area contributed by atoms with E-state index in [0.29, 0.717) is 32.7 Å². The number of aryl methyl sites for hydroxylation is 1. The topological polar surface area (TPSA) is 67.2 Å². The van der Waals surface area contributed by atoms with Gasteiger partial charge in [0.05, 0.1) is 23.6 Å². The number of aromatic nitrogens is 4. The normalized spacial score (nSPS) is 20.0. The predicted molar refractivity (Wildman–Crippen MR) is 120 cm³/mol. The van der Waals surface area contributed by atoms with E-state index >= 15 is 4.39 Å². The van der Waals surface area contributed by atoms with E-state index in [1.54, 1.807) is 17.3 Å². The number of rotatable bonds is 4. The maximum Gasteiger partial charge on any atom is 0.260 e. The standard InChI is InChI=1S/C24H29FN6O/c1-18-2-3-22-21(14-18)26-17-31(22)20-5-10-30(11-6-20)23(32)24(25)7-12-29(13-8-24)16-19-4-9-27-28-15-19/h2-4,9,14-15,17,20H,5-8,10-13,16H2,1H3. The minimum Gasteiger partial charge on any atom is -0.340 e. The Morgan fingerprint density at radius 2 is 1.91 bits per heavy atom. The van der Waals surface area contributed by atoms with Crippen LogP contribution in [0.25, 0.3) is 11.0 Å². The molecule has 2 fully saturated rings. The van der Waals surface area contributed by atoms with E-state index in [2.05, 4.69) is 49.8 Å². The largest absolute Gasteiger partial charge is 0.340 e. The van der Waals surface area contributed by atoms with Gasteiger partial charge in [-0.05, 0) is 49.1 Å². The van der Waals surface area contributed by atoms with Crippen molar-refractivity contribution in [1.82, 2.24) is 29.5 Å². The molecule has 2 aromatic heterocycles. The maximum absolute atomic E-state index is 15.6. The maximum atomic E-state index is 15.6. The highest BCUT2D eigenvalue weighted by molar-refractivity contribution is 5.85. The quantitative estimate of drug-likeness (QED) is 0.628. The molecule has 1 aromatic carbocycles. The molecule has 2 saturated heterocycles. The van der Waals surface area contributed by atoms with E-state index in [0.717, 1.165) is 29.4 Å². The van der Waals surface area contributed by atoms with Gasteiger partial charge in [-0.25, -0.2) is 9.37 Å². The van der Waals surface area contributed by atoms with Crippen molar-refractivity contribution >= 4 is 16.9 Å². The molecule has 0 unspecified atom stereocenters. The summed E-state index contributed by atoms with van der Waals surface area (Å²) in [7, 11) is 0. The summed E-state index contributed by atoms with van der Waals surface area (Å²) >= 11 is 0. The van der Waals surface area contributed by atoms with Crippen LogP contribution in [0.1, 0.15) is 42.9 Å². The molecular formula is C24H29FN6O. The van der Waals surface area contributed by atoms with Gasteiger partial charge in [-0.1, -0.05) is 6.07 Å². The molecule has 0 bridgehead atoms. The van der Waals surface area contributed by atoms with Gasteiger partial charge in [0.25, 0.3) is 5.91 Å². The Morgan fingerprint density at radius 1 is 1.12 bits per heavy atom. The number of likely N-dealkylation sites (tertiary alicyclic amines) is 2. The molecule has 2 aliphatic rings. The van der Waals surface area contributed by atoms with Crippen LogP contribution >= 0.6 is 0 Å². The smallest absolute Gasteiger partial charge is 0.260 e. The van der Waals surface area contributed by atoms with Crippen LogP contribution in [0, 0.1) is 6.92 Å². The Labute approximate surface area is 187 Å². The lowest BCUT2D eigenvalue weighted by Gasteiger charge is -2.40. The summed E-state index contributed by atoms with van der Waals surface area (Å²) in [4.78, 5) is 21.5. The average Bonchev–Trinajstić information content (AvgIpc) is 3.24. The second kappa shape index (κ2) is 8.58. The Kier molecular flexibility index (Phi) is 5.63. The third-order valence-electron chi connectivity index (χ3n) is 6.96. The summed E-state index contributed by atoms with van der Waals surface area (Å²) in [5.74, 6) is -0.327. The van der Waals surface area contributed by atoms with Gasteiger partial charge in [-0.3, -0.25) is 9.69 Å². The molecule has 168 valence electrons. The molecule has 8 heteroatoms. The number of carbonyl (C=O) groups excluding carboxylic acids is 1. The molecule has 0 N–H and O–H groups in total. The van der Waals surface area contributed by atoms with Gasteiger partial charge in [0.1, 0.15) is 0 Å². The second-order valence-electron chi connectivity index (χ2n) is 9.16. The van der Waals surface area contributed by atoms with Crippen LogP contribution in [0.15, 0.2) is 43.0 Å². The van der Waals surface area contributed by atoms with Crippen molar-refractivity contribution in [3.63, 3.8) is 0 Å². The van der Waals surface area contributed by atoms with Crippen molar-refractivity contribution in [3.05, 3.63) is 54.1 Å². The van der Waals surface area contributed by atoms with Gasteiger partial charge in [-0.15, -0.1) is 0 Å². The number of fused-ring (bicyclic) bond motifs is 1. The van der Waals surface area contributed by atoms with Crippen LogP contribution in [0.2, 0.25) is 0 Å². The summed E-state index contributed by atoms with van der Waals surface area (Å²) in [6, 6.07) is 8.52. The number of hydrogen-bond acceptors (Lipinski definition) is 5. The number of piperidine rings is 2. The molecule has 1 amide bonds. The molecule has 0 radical (unpaired) electrons. The zero-order valence-electron chi connectivity index (χ0n) is 18.5. The van der Waals surface area contributed by atoms with Gasteiger partial charge < -0.3 is 9.47 Å². The molecule has 4 heterocycles. The Morgan fingerprint density at radius 3 is 2.62 bits per heavy atom. The number of carbonyl (C=O) groups is 1. The van der Waals surface area contributed by atoms with Gasteiger partial charge in [-0.2, -0.15) is 10.2 Å². The zero-order valence-corrected chi connectivity index (χ0v) is 18.5. The lowest BCUT2D eigenvalue weighted by Crippen LogP contribution is -2.53. The summed E-state index contributed by atoms with van der Waals surface area (Å²) in [6.45, 7) is 5.10. The molecule has 5 rings (SSSR count). The highest BCUT2D eigenvalue weighted by Gasteiger charge is 2.44. The fourth-order valence-corrected chi connectivity index (χ4v) is 5.01. The lowest BCUT2D eigenvalue weighted by atomic mass is 9.90. The third kappa shape index (κ3) is 4.11. The highest BCUT2D eigenvalue weighted by atomic mass is 19.1. The number of nitrogens with zero attached hydrogens (tertiary/aromatic N) is 6. The Balaban J connectivity index is 1.17. The highest BCUT2D eigenvalue weighted by Crippen LogP contribution is 2.33. The van der Waals surface area contributed by atoms with Crippen molar-refractivity contribution in [2.75, 3.05) is 26.2 Å². The lowest BCUT2D eigenvalue weighted by molar-refractivity contribution is -0.148. The number of benzene rings is 1. The first-order chi connectivity index (χ1) is 15.5. The number of hydrogen-bond donors (Lipinski definition) is 0. The fourth-order valence-electron chi connectivity index (χ4n) is 5.01. The molecule has 3 aromatic rings. The fraction of sp³-hybridized carbons (Fsp3) is 0.500. The third-order valence-corrected chi connectivity index (χ3v) is 6.96. The Hall–Kier alpha value is -2.87. The summed E-state index contributed by atoms with van der Waals surface area (Å²) in [5.41, 5.74) is 2.63. The molecule has 2 aliphatic heterocycles. The minimum absolute atomic E-state index is 0.246. The monoisotopic (exact) mass is 436 g/mol. The zero-order chi connectivity index (χ0) is 22.1. The predicted octanol–water partition coefficient (Wildman–Crippen LogP) is 3.30. The molecule has 7 nitrogen and oxygen atoms in total. The van der Waals surface area contributed by atoms with Crippen LogP contribution in [0.4, 0.5) is 4.39 Å². The molecule has 0 atom stereocenters. The van der Waals surface area contributed by atoms with E-state index < -0.39 is 5.67 Å². The van der Waals surface area contributed by atoms with Crippen molar-refractivity contribution in [3.8, 4) is 0 Å². The molecule has 32 heavy (non-hydrogen) atoms. The SMILES string of the molecule is Cc1ccc2c(c1)ncn2C1CCN(C(=O)C2(F)CCN(Cc3ccnnc3)CC2)CC1. The Bertz CT molecular complexity index is 1080. The second-order valence-corrected chi connectivity index (χ2v) is 9.16. The summed E-state index contributed by atoms with van der Waals surface area (Å²) in [5, 5.41) is 7.69. The van der Waals surface area contributed by atoms with Crippen LogP contribution < -0.4 is 0 Å². The summed E-state index contributed by atoms with van der Waals surface area (Å²) < 4.78 is 17.8. The first-order valence-electron chi connectivity index (χ1n) is 11.4. The van der Waals surface area contributed by atoms with Crippen LogP contribution in [-0.4, -0.2) is 67.3 Å². The number of imidazole rings is 1. The molecule has 0 saturated carbocycles. The van der Waals surface area contributed by atoms with Gasteiger partial charge in [0.15, 0.2) is 5.67 Å². The van der Waals surface area contributed by atoms with Crippen molar-refractivity contribution in [2.45, 2.75) is 50.9 Å². The van der Waals surface area contributed by atoms with E-state index in [9.17, 15) is 4.79 Å². The van der Waals surface area contributed by atoms with Crippen molar-refractivity contribution in [2.24, 2.45) is 0 Å². The van der Waals surface area contributed by atoms with Gasteiger partial charge in [0, 0.05) is 57.8 Å². The average molecular weight is 437 g/mol. The van der Waals surface area contributed by atoms with Crippen LogP contribution in [0.3, 0.4) is 0 Å². The van der Waals surface area contributed by atoms with E-state index in [1.165, 1.54) is 5.56 Å². The molecule has 0 spiro atoms. The number of halogens is 1. The summed E-state index contributed by atoms with van der Waals surface area (Å²) in [6.07, 6.45) is 7.43. The van der Waals surface area contributed by atoms with Crippen molar-refractivity contribution < 1.29 is 9.18 Å². The van der Waals surface area contributed by atoms with Crippen molar-refractivity contribution in [1.29, 1.82) is 0 Å². The van der Waals surface area contributed by atoms with E-state index in [-0.39, 0.29) is 24.8 Å². The number of alkyl halides is 1. The number of amides is 1. The van der Waals surface area contributed by atoms with Crippen LogP contribution in [0.5, 0.6) is 0 Å². The first-order valence-corrected chi connectivity index (χ1v) is 11.4. The minimum atomic E-state index is -1.75. The van der Waals surface area contributed by atoms with Gasteiger partial charge in [0.2, 0.25) is 0 Å².